The molecule has 0 atom stereocenters. The summed E-state index contributed by atoms with van der Waals surface area (Å²) in [5.74, 6) is 2.92. The quantitative estimate of drug-likeness (QED) is 0.246. The van der Waals surface area contributed by atoms with Gasteiger partial charge in [0.15, 0.2) is 0 Å². The molecule has 3 N–H and O–H groups in total. The van der Waals surface area contributed by atoms with E-state index in [1.165, 1.54) is 31.0 Å². The maximum Gasteiger partial charge on any atom is 0.139 e. The fourth-order valence-corrected chi connectivity index (χ4v) is 2.64. The lowest BCUT2D eigenvalue weighted by atomic mass is 10.2. The molecule has 0 spiro atoms. The van der Waals surface area contributed by atoms with Crippen LogP contribution in [-0.4, -0.2) is 47.1 Å². The molecule has 1 saturated heterocycles. The Morgan fingerprint density at radius 2 is 2.20 bits per heavy atom. The van der Waals surface area contributed by atoms with Crippen LogP contribution in [0.2, 0.25) is 0 Å². The monoisotopic (exact) mass is 231 g/mol. The second-order valence-electron chi connectivity index (χ2n) is 3.86. The van der Waals surface area contributed by atoms with Crippen molar-refractivity contribution in [3.8, 4) is 0 Å². The smallest absolute Gasteiger partial charge is 0.139 e. The van der Waals surface area contributed by atoms with Crippen LogP contribution in [0.15, 0.2) is 5.16 Å². The Morgan fingerprint density at radius 1 is 1.33 bits per heavy atom. The van der Waals surface area contributed by atoms with Crippen molar-refractivity contribution in [2.45, 2.75) is 25.7 Å². The Morgan fingerprint density at radius 3 is 3.00 bits per heavy atom. The number of amidine groups is 1. The van der Waals surface area contributed by atoms with Gasteiger partial charge in [0.2, 0.25) is 0 Å². The van der Waals surface area contributed by atoms with Gasteiger partial charge in [-0.25, -0.2) is 0 Å². The molecule has 1 aliphatic heterocycles. The summed E-state index contributed by atoms with van der Waals surface area (Å²) in [6.07, 6.45) is 4.17. The molecule has 0 bridgehead atoms. The van der Waals surface area contributed by atoms with Gasteiger partial charge >= 0.3 is 0 Å². The Labute approximate surface area is 95.9 Å². The van der Waals surface area contributed by atoms with Crippen LogP contribution in [-0.2, 0) is 0 Å². The van der Waals surface area contributed by atoms with Crippen molar-refractivity contribution in [2.24, 2.45) is 10.9 Å². The van der Waals surface area contributed by atoms with E-state index in [1.807, 2.05) is 0 Å². The van der Waals surface area contributed by atoms with Gasteiger partial charge in [0.25, 0.3) is 0 Å². The summed E-state index contributed by atoms with van der Waals surface area (Å²) < 4.78 is 0. The summed E-state index contributed by atoms with van der Waals surface area (Å²) >= 11 is 2.05. The van der Waals surface area contributed by atoms with E-state index in [4.69, 9.17) is 10.9 Å². The SMILES string of the molecule is NC(CCCCN1CCCSCC1)=NO. The molecule has 1 fully saturated rings. The normalized spacial score (nSPS) is 20.1. The first-order chi connectivity index (χ1) is 7.33. The summed E-state index contributed by atoms with van der Waals surface area (Å²) in [6.45, 7) is 3.60. The van der Waals surface area contributed by atoms with Gasteiger partial charge in [0.05, 0.1) is 0 Å². The average Bonchev–Trinajstić information content (AvgIpc) is 2.52. The standard InChI is InChI=1S/C10H21N3OS/c11-10(12-14)4-1-2-5-13-6-3-8-15-9-7-13/h14H,1-9H2,(H2,11,12). The Balaban J connectivity index is 2.03. The molecule has 88 valence electrons. The number of rotatable bonds is 5. The van der Waals surface area contributed by atoms with Crippen molar-refractivity contribution >= 4 is 17.6 Å². The Kier molecular flexibility index (Phi) is 6.59. The van der Waals surface area contributed by atoms with Gasteiger partial charge in [-0.3, -0.25) is 0 Å². The zero-order valence-corrected chi connectivity index (χ0v) is 10.0. The van der Waals surface area contributed by atoms with Gasteiger partial charge < -0.3 is 15.8 Å². The van der Waals surface area contributed by atoms with Crippen LogP contribution in [0, 0.1) is 0 Å². The van der Waals surface area contributed by atoms with Crippen LogP contribution >= 0.6 is 11.8 Å². The summed E-state index contributed by atoms with van der Waals surface area (Å²) in [5, 5.41) is 11.3. The van der Waals surface area contributed by atoms with Crippen LogP contribution in [0.4, 0.5) is 0 Å². The minimum absolute atomic E-state index is 0.349. The lowest BCUT2D eigenvalue weighted by Gasteiger charge is -2.18. The van der Waals surface area contributed by atoms with Gasteiger partial charge in [-0.05, 0) is 38.1 Å². The topological polar surface area (TPSA) is 61.8 Å². The number of oxime groups is 1. The molecule has 0 unspecified atom stereocenters. The van der Waals surface area contributed by atoms with E-state index in [0.717, 1.165) is 19.4 Å². The lowest BCUT2D eigenvalue weighted by molar-refractivity contribution is 0.289. The molecule has 5 heteroatoms. The van der Waals surface area contributed by atoms with Crippen molar-refractivity contribution < 1.29 is 5.21 Å². The van der Waals surface area contributed by atoms with E-state index in [2.05, 4.69) is 21.8 Å². The number of hydrogen-bond acceptors (Lipinski definition) is 4. The highest BCUT2D eigenvalue weighted by atomic mass is 32.2. The molecule has 0 amide bonds. The highest BCUT2D eigenvalue weighted by molar-refractivity contribution is 7.99. The second-order valence-corrected chi connectivity index (χ2v) is 5.08. The molecule has 0 aromatic carbocycles. The first-order valence-electron chi connectivity index (χ1n) is 5.59. The molecule has 0 saturated carbocycles. The molecular formula is C10H21N3OS. The Hall–Kier alpha value is -0.420. The summed E-state index contributed by atoms with van der Waals surface area (Å²) in [7, 11) is 0. The maximum absolute atomic E-state index is 8.37. The first kappa shape index (κ1) is 12.6. The number of hydrogen-bond donors (Lipinski definition) is 2. The van der Waals surface area contributed by atoms with Gasteiger partial charge in [0, 0.05) is 18.7 Å². The zero-order chi connectivity index (χ0) is 10.9. The van der Waals surface area contributed by atoms with Gasteiger partial charge in [-0.1, -0.05) is 5.16 Å². The van der Waals surface area contributed by atoms with E-state index in [1.54, 1.807) is 0 Å². The maximum atomic E-state index is 8.37. The van der Waals surface area contributed by atoms with Crippen molar-refractivity contribution in [2.75, 3.05) is 31.1 Å². The number of thioether (sulfide) groups is 1. The molecule has 15 heavy (non-hydrogen) atoms. The van der Waals surface area contributed by atoms with Crippen molar-refractivity contribution in [1.82, 2.24) is 4.90 Å². The van der Waals surface area contributed by atoms with Crippen LogP contribution in [0.1, 0.15) is 25.7 Å². The minimum atomic E-state index is 0.349. The molecule has 1 rings (SSSR count). The molecular weight excluding hydrogens is 210 g/mol. The predicted molar refractivity (Wildman–Crippen MR) is 65.6 cm³/mol. The molecule has 0 aromatic rings. The Bertz CT molecular complexity index is 191. The highest BCUT2D eigenvalue weighted by Crippen LogP contribution is 2.10. The second kappa shape index (κ2) is 7.82. The third-order valence-corrected chi connectivity index (χ3v) is 3.65. The third kappa shape index (κ3) is 5.89. The number of nitrogens with zero attached hydrogens (tertiary/aromatic N) is 2. The van der Waals surface area contributed by atoms with Crippen LogP contribution in [0.25, 0.3) is 0 Å². The molecule has 4 nitrogen and oxygen atoms in total. The van der Waals surface area contributed by atoms with E-state index in [0.29, 0.717) is 12.3 Å². The largest absolute Gasteiger partial charge is 0.409 e. The highest BCUT2D eigenvalue weighted by Gasteiger charge is 2.08. The molecule has 1 heterocycles. The fourth-order valence-electron chi connectivity index (χ4n) is 1.71. The average molecular weight is 231 g/mol. The van der Waals surface area contributed by atoms with Crippen molar-refractivity contribution in [3.05, 3.63) is 0 Å². The van der Waals surface area contributed by atoms with Gasteiger partial charge in [-0.15, -0.1) is 0 Å². The number of unbranched alkanes of at least 4 members (excludes halogenated alkanes) is 1. The van der Waals surface area contributed by atoms with Gasteiger partial charge in [-0.2, -0.15) is 11.8 Å². The van der Waals surface area contributed by atoms with Crippen LogP contribution < -0.4 is 5.73 Å². The van der Waals surface area contributed by atoms with Crippen molar-refractivity contribution in [3.63, 3.8) is 0 Å². The summed E-state index contributed by atoms with van der Waals surface area (Å²) in [4.78, 5) is 2.52. The molecule has 0 aliphatic carbocycles. The zero-order valence-electron chi connectivity index (χ0n) is 9.19. The van der Waals surface area contributed by atoms with Crippen LogP contribution in [0.3, 0.4) is 0 Å². The lowest BCUT2D eigenvalue weighted by Crippen LogP contribution is -2.27. The minimum Gasteiger partial charge on any atom is -0.409 e. The fraction of sp³-hybridized carbons (Fsp3) is 0.900. The number of nitrogens with two attached hydrogens (primary N) is 1. The summed E-state index contributed by atoms with van der Waals surface area (Å²) in [5.41, 5.74) is 5.40. The molecule has 0 aromatic heterocycles. The predicted octanol–water partition coefficient (Wildman–Crippen LogP) is 1.34. The van der Waals surface area contributed by atoms with E-state index in [9.17, 15) is 0 Å². The first-order valence-corrected chi connectivity index (χ1v) is 6.75. The van der Waals surface area contributed by atoms with Crippen molar-refractivity contribution in [1.29, 1.82) is 0 Å². The van der Waals surface area contributed by atoms with E-state index < -0.39 is 0 Å². The van der Waals surface area contributed by atoms with E-state index in [-0.39, 0.29) is 0 Å². The van der Waals surface area contributed by atoms with E-state index >= 15 is 0 Å². The molecule has 1 aliphatic rings. The molecule has 0 radical (unpaired) electrons. The van der Waals surface area contributed by atoms with Gasteiger partial charge in [0.1, 0.15) is 5.84 Å². The third-order valence-electron chi connectivity index (χ3n) is 2.60. The van der Waals surface area contributed by atoms with Crippen LogP contribution in [0.5, 0.6) is 0 Å². The summed E-state index contributed by atoms with van der Waals surface area (Å²) in [6, 6.07) is 0.